The van der Waals surface area contributed by atoms with Crippen LogP contribution in [0.1, 0.15) is 6.42 Å². The van der Waals surface area contributed by atoms with Crippen molar-refractivity contribution in [1.29, 1.82) is 0 Å². The van der Waals surface area contributed by atoms with Crippen LogP contribution in [0.2, 0.25) is 0 Å². The van der Waals surface area contributed by atoms with Crippen molar-refractivity contribution < 1.29 is 14.6 Å². The molecule has 2 fully saturated rings. The van der Waals surface area contributed by atoms with Crippen LogP contribution in [-0.2, 0) is 9.47 Å². The number of hydrogen-bond acceptors (Lipinski definition) is 4. The van der Waals surface area contributed by atoms with Crippen LogP contribution < -0.4 is 5.23 Å². The van der Waals surface area contributed by atoms with E-state index in [1.807, 2.05) is 7.98 Å². The van der Waals surface area contributed by atoms with Gasteiger partial charge in [0.15, 0.2) is 7.98 Å². The topological polar surface area (TPSA) is 50.7 Å². The van der Waals surface area contributed by atoms with Gasteiger partial charge in [-0.15, -0.1) is 0 Å². The maximum absolute atomic E-state index is 9.46. The zero-order valence-electron chi connectivity index (χ0n) is 6.49. The van der Waals surface area contributed by atoms with E-state index in [-0.39, 0.29) is 24.4 Å². The number of fused-ring (bicyclic) bond motifs is 1. The molecule has 1 saturated heterocycles. The Labute approximate surface area is 66.3 Å². The lowest BCUT2D eigenvalue weighted by Gasteiger charge is -2.14. The molecule has 4 nitrogen and oxygen atoms in total. The molecule has 2 N–H and O–H groups in total. The Balaban J connectivity index is 2.07. The highest BCUT2D eigenvalue weighted by molar-refractivity contribution is 6.04. The lowest BCUT2D eigenvalue weighted by atomic mass is 10.1. The summed E-state index contributed by atoms with van der Waals surface area (Å²) in [5.41, 5.74) is 0. The van der Waals surface area contributed by atoms with Crippen LogP contribution in [-0.4, -0.2) is 44.2 Å². The summed E-state index contributed by atoms with van der Waals surface area (Å²) in [5, 5.41) is 12.6. The Bertz CT molecular complexity index is 157. The average Bonchev–Trinajstić information content (AvgIpc) is 2.54. The van der Waals surface area contributed by atoms with Gasteiger partial charge in [0.05, 0.1) is 6.10 Å². The average molecular weight is 157 g/mol. The number of ether oxygens (including phenoxy) is 2. The van der Waals surface area contributed by atoms with Crippen LogP contribution in [0, 0.1) is 0 Å². The highest BCUT2D eigenvalue weighted by Gasteiger charge is 2.46. The molecule has 2 aliphatic rings. The minimum Gasteiger partial charge on any atom is -0.390 e. The molecular formula is C6H12BNO3. The van der Waals surface area contributed by atoms with Gasteiger partial charge in [0.1, 0.15) is 19.0 Å². The zero-order valence-corrected chi connectivity index (χ0v) is 6.49. The molecule has 0 bridgehead atoms. The predicted octanol–water partition coefficient (Wildman–Crippen LogP) is -2.00. The van der Waals surface area contributed by atoms with Gasteiger partial charge >= 0.3 is 0 Å². The molecule has 0 aromatic rings. The Kier molecular flexibility index (Phi) is 1.89. The van der Waals surface area contributed by atoms with Crippen LogP contribution >= 0.6 is 0 Å². The second kappa shape index (κ2) is 2.75. The van der Waals surface area contributed by atoms with Crippen molar-refractivity contribution in [2.24, 2.45) is 0 Å². The summed E-state index contributed by atoms with van der Waals surface area (Å²) in [5.74, 6) is 0. The summed E-state index contributed by atoms with van der Waals surface area (Å²) in [6.07, 6.45) is 0.314. The lowest BCUT2D eigenvalue weighted by molar-refractivity contribution is -0.0124. The first-order valence-corrected chi connectivity index (χ1v) is 3.91. The van der Waals surface area contributed by atoms with E-state index >= 15 is 0 Å². The number of aliphatic hydroxyl groups excluding tert-OH is 1. The molecule has 0 amide bonds. The Morgan fingerprint density at radius 3 is 2.82 bits per heavy atom. The fraction of sp³-hybridized carbons (Fsp3) is 1.00. The van der Waals surface area contributed by atoms with E-state index in [0.29, 0.717) is 6.79 Å². The zero-order chi connectivity index (χ0) is 7.84. The highest BCUT2D eigenvalue weighted by atomic mass is 16.7. The van der Waals surface area contributed by atoms with Crippen LogP contribution in [0.5, 0.6) is 0 Å². The molecule has 0 radical (unpaired) electrons. The number of nitrogens with one attached hydrogen (secondary N) is 1. The minimum absolute atomic E-state index is 0.0509. The van der Waals surface area contributed by atoms with Crippen molar-refractivity contribution in [3.63, 3.8) is 0 Å². The summed E-state index contributed by atoms with van der Waals surface area (Å²) >= 11 is 0. The molecule has 1 saturated carbocycles. The van der Waals surface area contributed by atoms with Crippen LogP contribution in [0.4, 0.5) is 0 Å². The highest BCUT2D eigenvalue weighted by Crippen LogP contribution is 2.29. The first-order valence-electron chi connectivity index (χ1n) is 3.91. The van der Waals surface area contributed by atoms with Crippen LogP contribution in [0.15, 0.2) is 0 Å². The molecule has 2 rings (SSSR count). The largest absolute Gasteiger partial charge is 0.390 e. The van der Waals surface area contributed by atoms with Gasteiger partial charge < -0.3 is 19.8 Å². The second-order valence-corrected chi connectivity index (χ2v) is 3.08. The van der Waals surface area contributed by atoms with Crippen molar-refractivity contribution in [2.75, 3.05) is 6.79 Å². The van der Waals surface area contributed by atoms with Gasteiger partial charge in [-0.05, 0) is 6.42 Å². The first kappa shape index (κ1) is 7.55. The standard InChI is InChI=1S/C6H12BNO3/c7-8-3-1-4(9)6-5(3)10-2-11-6/h3-6,8-9H,1-2,7H2/t3-,4+,5+,6-/m1/s1. The molecule has 1 heterocycles. The second-order valence-electron chi connectivity index (χ2n) is 3.08. The molecule has 1 aliphatic carbocycles. The SMILES string of the molecule is BN[C@@H]1C[C@H](O)[C@H]2OCO[C@H]21. The Hall–Kier alpha value is -0.0951. The van der Waals surface area contributed by atoms with Crippen molar-refractivity contribution in [3.8, 4) is 0 Å². The van der Waals surface area contributed by atoms with E-state index in [1.165, 1.54) is 0 Å². The van der Waals surface area contributed by atoms with E-state index in [2.05, 4.69) is 5.23 Å². The molecular weight excluding hydrogens is 145 g/mol. The van der Waals surface area contributed by atoms with Crippen molar-refractivity contribution in [2.45, 2.75) is 30.8 Å². The maximum Gasteiger partial charge on any atom is 0.182 e. The fourth-order valence-electron chi connectivity index (χ4n) is 1.87. The molecule has 62 valence electrons. The monoisotopic (exact) mass is 157 g/mol. The molecule has 1 aliphatic heterocycles. The Morgan fingerprint density at radius 1 is 1.36 bits per heavy atom. The Morgan fingerprint density at radius 2 is 2.09 bits per heavy atom. The maximum atomic E-state index is 9.46. The fourth-order valence-corrected chi connectivity index (χ4v) is 1.87. The van der Waals surface area contributed by atoms with Crippen molar-refractivity contribution >= 4 is 7.98 Å². The minimum atomic E-state index is -0.361. The number of rotatable bonds is 1. The predicted molar refractivity (Wildman–Crippen MR) is 40.7 cm³/mol. The molecule has 5 heteroatoms. The molecule has 0 aromatic carbocycles. The van der Waals surface area contributed by atoms with Crippen LogP contribution in [0.25, 0.3) is 0 Å². The van der Waals surface area contributed by atoms with Crippen molar-refractivity contribution in [3.05, 3.63) is 0 Å². The van der Waals surface area contributed by atoms with Crippen LogP contribution in [0.3, 0.4) is 0 Å². The molecule has 0 aromatic heterocycles. The third-order valence-electron chi connectivity index (χ3n) is 2.49. The van der Waals surface area contributed by atoms with Gasteiger partial charge in [-0.3, -0.25) is 0 Å². The summed E-state index contributed by atoms with van der Waals surface area (Å²) in [6.45, 7) is 0.324. The van der Waals surface area contributed by atoms with E-state index in [1.54, 1.807) is 0 Å². The molecule has 0 spiro atoms. The van der Waals surface area contributed by atoms with E-state index in [4.69, 9.17) is 9.47 Å². The summed E-state index contributed by atoms with van der Waals surface area (Å²) in [6, 6.07) is 0.248. The summed E-state index contributed by atoms with van der Waals surface area (Å²) in [7, 11) is 1.88. The van der Waals surface area contributed by atoms with Gasteiger partial charge in [0.25, 0.3) is 0 Å². The number of aliphatic hydroxyl groups is 1. The van der Waals surface area contributed by atoms with E-state index < -0.39 is 0 Å². The third kappa shape index (κ3) is 1.08. The van der Waals surface area contributed by atoms with Crippen molar-refractivity contribution in [1.82, 2.24) is 5.23 Å². The smallest absolute Gasteiger partial charge is 0.182 e. The first-order chi connectivity index (χ1) is 5.33. The normalized spacial score (nSPS) is 49.5. The molecule has 0 unspecified atom stereocenters. The molecule has 11 heavy (non-hydrogen) atoms. The van der Waals surface area contributed by atoms with E-state index in [9.17, 15) is 5.11 Å². The number of hydrogen-bond donors (Lipinski definition) is 2. The van der Waals surface area contributed by atoms with Gasteiger partial charge in [-0.2, -0.15) is 0 Å². The third-order valence-corrected chi connectivity index (χ3v) is 2.49. The van der Waals surface area contributed by atoms with Gasteiger partial charge in [0, 0.05) is 6.04 Å². The van der Waals surface area contributed by atoms with Gasteiger partial charge in [-0.25, -0.2) is 0 Å². The summed E-state index contributed by atoms with van der Waals surface area (Å²) in [4.78, 5) is 0. The molecule has 4 atom stereocenters. The summed E-state index contributed by atoms with van der Waals surface area (Å²) < 4.78 is 10.5. The quantitative estimate of drug-likeness (QED) is 0.432. The lowest BCUT2D eigenvalue weighted by Crippen LogP contribution is -2.37. The van der Waals surface area contributed by atoms with Gasteiger partial charge in [-0.1, -0.05) is 0 Å². The van der Waals surface area contributed by atoms with Gasteiger partial charge in [0.2, 0.25) is 0 Å². The van der Waals surface area contributed by atoms with E-state index in [0.717, 1.165) is 6.42 Å².